The molecule has 8 atom stereocenters. The fraction of sp³-hybridized carbons (Fsp3) is 0.613. The number of carbonyl (C=O) groups excluding carboxylic acids is 4. The van der Waals surface area contributed by atoms with Crippen LogP contribution < -0.4 is 0 Å². The maximum atomic E-state index is 14.8. The third kappa shape index (κ3) is 4.09. The zero-order chi connectivity index (χ0) is 30.1. The highest BCUT2D eigenvalue weighted by molar-refractivity contribution is 5.95. The van der Waals surface area contributed by atoms with Crippen molar-refractivity contribution in [2.75, 3.05) is 6.61 Å². The molecule has 10 nitrogen and oxygen atoms in total. The molecule has 3 fully saturated rings. The van der Waals surface area contributed by atoms with Crippen molar-refractivity contribution in [3.63, 3.8) is 0 Å². The first kappa shape index (κ1) is 29.4. The number of ketones is 1. The minimum absolute atomic E-state index is 0.0575. The van der Waals surface area contributed by atoms with Crippen LogP contribution in [0.5, 0.6) is 0 Å². The largest absolute Gasteiger partial charge is 0.455 e. The van der Waals surface area contributed by atoms with Gasteiger partial charge in [-0.2, -0.15) is 0 Å². The summed E-state index contributed by atoms with van der Waals surface area (Å²) in [6.45, 7) is 9.08. The third-order valence-electron chi connectivity index (χ3n) is 10.1. The molecule has 3 aliphatic carbocycles. The Hall–Kier alpha value is -3.08. The Labute approximate surface area is 239 Å². The van der Waals surface area contributed by atoms with E-state index in [0.717, 1.165) is 5.57 Å². The van der Waals surface area contributed by atoms with Crippen molar-refractivity contribution in [1.29, 1.82) is 0 Å². The SMILES string of the molecule is CC(=O)OC1C(=O)[C@]2(C)C(O)CC3OC[C@@]3(OC(C)=O)[C@H]2C(OC(=O)c2ccccc2)[C@]2(O)CCC(C)=C1C2(C)C. The van der Waals surface area contributed by atoms with Crippen LogP contribution in [0.2, 0.25) is 0 Å². The maximum Gasteiger partial charge on any atom is 0.338 e. The van der Waals surface area contributed by atoms with Crippen LogP contribution in [0.25, 0.3) is 0 Å². The molecule has 2 saturated carbocycles. The lowest BCUT2D eigenvalue weighted by molar-refractivity contribution is -0.345. The Bertz CT molecular complexity index is 1320. The first-order valence-corrected chi connectivity index (χ1v) is 14.0. The van der Waals surface area contributed by atoms with Gasteiger partial charge in [-0.15, -0.1) is 0 Å². The van der Waals surface area contributed by atoms with Crippen LogP contribution in [-0.2, 0) is 33.3 Å². The number of aliphatic hydroxyl groups excluding tert-OH is 1. The molecular weight excluding hydrogens is 532 g/mol. The standard InChI is InChI=1S/C31H38O10/c1-16-12-13-31(37)26(40-27(36)19-10-8-7-9-11-19)24-29(6,20(34)14-21-30(24,15-38-21)41-18(3)33)25(35)23(39-17(2)32)22(16)28(31,4)5/h7-11,20-21,23-24,26,34,37H,12-15H2,1-6H3/t20?,21?,23?,24-,26?,29+,30-,31+/m0/s1. The van der Waals surface area contributed by atoms with Gasteiger partial charge in [0.05, 0.1) is 29.6 Å². The van der Waals surface area contributed by atoms with Gasteiger partial charge in [0.2, 0.25) is 0 Å². The Morgan fingerprint density at radius 1 is 1.02 bits per heavy atom. The highest BCUT2D eigenvalue weighted by Gasteiger charge is 2.77. The van der Waals surface area contributed by atoms with Crippen molar-refractivity contribution in [3.8, 4) is 0 Å². The Kier molecular flexibility index (Phi) is 6.99. The van der Waals surface area contributed by atoms with Gasteiger partial charge >= 0.3 is 17.9 Å². The highest BCUT2D eigenvalue weighted by Crippen LogP contribution is 2.64. The number of ether oxygens (including phenoxy) is 4. The molecule has 10 heteroatoms. The average Bonchev–Trinajstić information content (AvgIpc) is 2.89. The van der Waals surface area contributed by atoms with Crippen LogP contribution >= 0.6 is 0 Å². The van der Waals surface area contributed by atoms with Gasteiger partial charge in [0, 0.05) is 25.7 Å². The van der Waals surface area contributed by atoms with Gasteiger partial charge in [-0.3, -0.25) is 14.4 Å². The van der Waals surface area contributed by atoms with Gasteiger partial charge in [-0.25, -0.2) is 4.79 Å². The summed E-state index contributed by atoms with van der Waals surface area (Å²) in [4.78, 5) is 53.4. The van der Waals surface area contributed by atoms with Crippen molar-refractivity contribution >= 4 is 23.7 Å². The minimum Gasteiger partial charge on any atom is -0.455 e. The quantitative estimate of drug-likeness (QED) is 0.315. The fourth-order valence-corrected chi connectivity index (χ4v) is 7.93. The van der Waals surface area contributed by atoms with E-state index in [2.05, 4.69) is 0 Å². The molecule has 2 bridgehead atoms. The van der Waals surface area contributed by atoms with Crippen molar-refractivity contribution in [2.24, 2.45) is 16.7 Å². The Balaban J connectivity index is 1.81. The van der Waals surface area contributed by atoms with Crippen molar-refractivity contribution < 1.29 is 48.3 Å². The second-order valence-corrected chi connectivity index (χ2v) is 12.6. The summed E-state index contributed by atoms with van der Waals surface area (Å²) in [7, 11) is 0. The van der Waals surface area contributed by atoms with Crippen LogP contribution in [0.1, 0.15) is 71.2 Å². The average molecular weight is 571 g/mol. The minimum atomic E-state index is -1.83. The molecule has 4 unspecified atom stereocenters. The van der Waals surface area contributed by atoms with E-state index in [1.165, 1.54) is 20.8 Å². The van der Waals surface area contributed by atoms with E-state index in [1.807, 2.05) is 6.92 Å². The van der Waals surface area contributed by atoms with Gasteiger partial charge in [0.1, 0.15) is 17.8 Å². The number of hydrogen-bond donors (Lipinski definition) is 2. The molecule has 1 aromatic rings. The number of carbonyl (C=O) groups is 4. The van der Waals surface area contributed by atoms with Gasteiger partial charge in [0.25, 0.3) is 0 Å². The Morgan fingerprint density at radius 2 is 1.68 bits per heavy atom. The van der Waals surface area contributed by atoms with Crippen molar-refractivity contribution in [1.82, 2.24) is 0 Å². The van der Waals surface area contributed by atoms with E-state index in [0.29, 0.717) is 12.0 Å². The lowest BCUT2D eigenvalue weighted by Gasteiger charge is -2.67. The van der Waals surface area contributed by atoms with Gasteiger partial charge in [-0.05, 0) is 44.4 Å². The monoisotopic (exact) mass is 570 g/mol. The number of aliphatic hydroxyl groups is 2. The first-order chi connectivity index (χ1) is 19.1. The molecule has 1 saturated heterocycles. The van der Waals surface area contributed by atoms with Crippen LogP contribution in [0.3, 0.4) is 0 Å². The van der Waals surface area contributed by atoms with Gasteiger partial charge in [0.15, 0.2) is 17.5 Å². The van der Waals surface area contributed by atoms with E-state index in [9.17, 15) is 29.4 Å². The molecule has 222 valence electrons. The zero-order valence-corrected chi connectivity index (χ0v) is 24.3. The topological polar surface area (TPSA) is 146 Å². The zero-order valence-electron chi connectivity index (χ0n) is 24.3. The summed E-state index contributed by atoms with van der Waals surface area (Å²) in [6.07, 6.45) is -4.63. The molecular formula is C31H38O10. The van der Waals surface area contributed by atoms with Crippen LogP contribution in [-0.4, -0.2) is 76.1 Å². The lowest BCUT2D eigenvalue weighted by atomic mass is 9.45. The maximum absolute atomic E-state index is 14.8. The summed E-state index contributed by atoms with van der Waals surface area (Å²) in [5.41, 5.74) is -4.98. The molecule has 0 radical (unpaired) electrons. The Morgan fingerprint density at radius 3 is 2.24 bits per heavy atom. The molecule has 1 heterocycles. The number of rotatable bonds is 4. The molecule has 0 amide bonds. The molecule has 2 N–H and O–H groups in total. The lowest BCUT2D eigenvalue weighted by Crippen LogP contribution is -2.81. The predicted octanol–water partition coefficient (Wildman–Crippen LogP) is 2.68. The summed E-state index contributed by atoms with van der Waals surface area (Å²) < 4.78 is 23.7. The second-order valence-electron chi connectivity index (χ2n) is 12.6. The summed E-state index contributed by atoms with van der Waals surface area (Å²) in [5.74, 6) is -3.96. The van der Waals surface area contributed by atoms with Crippen molar-refractivity contribution in [2.45, 2.75) is 96.4 Å². The molecule has 4 aliphatic rings. The fourth-order valence-electron chi connectivity index (χ4n) is 7.93. The molecule has 0 aromatic heterocycles. The molecule has 0 spiro atoms. The van der Waals surface area contributed by atoms with Gasteiger partial charge in [-0.1, -0.05) is 37.6 Å². The number of Topliss-reactive ketones (excluding diaryl/α,β-unsaturated/α-hetero) is 1. The number of benzene rings is 1. The number of hydrogen-bond acceptors (Lipinski definition) is 10. The number of esters is 3. The molecule has 5 rings (SSSR count). The summed E-state index contributed by atoms with van der Waals surface area (Å²) in [5, 5.41) is 24.5. The van der Waals surface area contributed by atoms with E-state index >= 15 is 0 Å². The highest BCUT2D eigenvalue weighted by atomic mass is 16.6. The van der Waals surface area contributed by atoms with Crippen LogP contribution in [0, 0.1) is 16.7 Å². The first-order valence-electron chi connectivity index (χ1n) is 14.0. The van der Waals surface area contributed by atoms with Gasteiger partial charge < -0.3 is 29.2 Å². The normalized spacial score (nSPS) is 39.2. The summed E-state index contributed by atoms with van der Waals surface area (Å²) in [6, 6.07) is 8.25. The van der Waals surface area contributed by atoms with Crippen LogP contribution in [0.15, 0.2) is 41.5 Å². The predicted molar refractivity (Wildman–Crippen MR) is 143 cm³/mol. The van der Waals surface area contributed by atoms with Crippen molar-refractivity contribution in [3.05, 3.63) is 47.0 Å². The van der Waals surface area contributed by atoms with E-state index in [4.69, 9.17) is 18.9 Å². The van der Waals surface area contributed by atoms with E-state index in [1.54, 1.807) is 44.2 Å². The third-order valence-corrected chi connectivity index (χ3v) is 10.1. The number of fused-ring (bicyclic) bond motifs is 5. The second kappa shape index (κ2) is 9.74. The number of allylic oxidation sites excluding steroid dienone is 1. The molecule has 41 heavy (non-hydrogen) atoms. The van der Waals surface area contributed by atoms with E-state index in [-0.39, 0.29) is 25.0 Å². The van der Waals surface area contributed by atoms with E-state index < -0.39 is 76.1 Å². The summed E-state index contributed by atoms with van der Waals surface area (Å²) >= 11 is 0. The smallest absolute Gasteiger partial charge is 0.338 e. The molecule has 1 aliphatic heterocycles. The molecule has 1 aromatic carbocycles. The van der Waals surface area contributed by atoms with Crippen LogP contribution in [0.4, 0.5) is 0 Å².